The van der Waals surface area contributed by atoms with E-state index in [2.05, 4.69) is 9.46 Å². The Labute approximate surface area is 123 Å². The van der Waals surface area contributed by atoms with Crippen molar-refractivity contribution < 1.29 is 17.9 Å². The zero-order valence-electron chi connectivity index (χ0n) is 11.1. The fraction of sp³-hybridized carbons (Fsp3) is 0.417. The number of hydrogen-bond acceptors (Lipinski definition) is 5. The highest BCUT2D eigenvalue weighted by atomic mass is 35.5. The molecule has 0 aromatic heterocycles. The number of benzene rings is 1. The molecular formula is C12H17ClN2O4S. The number of nitrogens with one attached hydrogen (secondary N) is 1. The normalized spacial score (nSPS) is 11.3. The molecule has 20 heavy (non-hydrogen) atoms. The van der Waals surface area contributed by atoms with Crippen LogP contribution in [0.3, 0.4) is 0 Å². The first-order valence-electron chi connectivity index (χ1n) is 6.00. The Hall–Kier alpha value is -1.15. The van der Waals surface area contributed by atoms with Crippen LogP contribution in [0.25, 0.3) is 0 Å². The fourth-order valence-electron chi connectivity index (χ4n) is 1.56. The molecule has 0 saturated carbocycles. The third-order valence-electron chi connectivity index (χ3n) is 2.56. The number of carbonyl (C=O) groups is 1. The van der Waals surface area contributed by atoms with Crippen LogP contribution < -0.4 is 10.5 Å². The van der Waals surface area contributed by atoms with Gasteiger partial charge in [-0.2, -0.15) is 0 Å². The third kappa shape index (κ3) is 4.45. The van der Waals surface area contributed by atoms with Gasteiger partial charge in [-0.05, 0) is 37.6 Å². The summed E-state index contributed by atoms with van der Waals surface area (Å²) in [6, 6.07) is 3.95. The van der Waals surface area contributed by atoms with Crippen molar-refractivity contribution in [1.29, 1.82) is 0 Å². The predicted octanol–water partition coefficient (Wildman–Crippen LogP) is 1.14. The second-order valence-corrected chi connectivity index (χ2v) is 6.20. The van der Waals surface area contributed by atoms with E-state index < -0.39 is 16.0 Å². The number of unbranched alkanes of at least 4 members (excludes halogenated alkanes) is 1. The number of hydrogen-bond donors (Lipinski definition) is 2. The first-order chi connectivity index (χ1) is 9.42. The zero-order valence-corrected chi connectivity index (χ0v) is 12.6. The second kappa shape index (κ2) is 7.58. The van der Waals surface area contributed by atoms with Crippen molar-refractivity contribution in [2.75, 3.05) is 20.2 Å². The molecule has 1 rings (SSSR count). The molecule has 0 aliphatic heterocycles. The lowest BCUT2D eigenvalue weighted by atomic mass is 10.2. The van der Waals surface area contributed by atoms with Crippen LogP contribution in [0.4, 0.5) is 0 Å². The SMILES string of the molecule is COC(=O)c1cc(Cl)ccc1S(=O)(=O)NCCCCN. The summed E-state index contributed by atoms with van der Waals surface area (Å²) in [5.41, 5.74) is 5.24. The highest BCUT2D eigenvalue weighted by Gasteiger charge is 2.22. The first-order valence-corrected chi connectivity index (χ1v) is 7.86. The van der Waals surface area contributed by atoms with Gasteiger partial charge in [0, 0.05) is 11.6 Å². The summed E-state index contributed by atoms with van der Waals surface area (Å²) in [5, 5.41) is 0.257. The van der Waals surface area contributed by atoms with Gasteiger partial charge in [-0.15, -0.1) is 0 Å². The van der Waals surface area contributed by atoms with Gasteiger partial charge < -0.3 is 10.5 Å². The Morgan fingerprint density at radius 3 is 2.70 bits per heavy atom. The van der Waals surface area contributed by atoms with E-state index in [0.717, 1.165) is 0 Å². The van der Waals surface area contributed by atoms with E-state index >= 15 is 0 Å². The quantitative estimate of drug-likeness (QED) is 0.580. The van der Waals surface area contributed by atoms with Crippen LogP contribution in [0.2, 0.25) is 5.02 Å². The molecule has 1 aromatic rings. The van der Waals surface area contributed by atoms with Gasteiger partial charge in [-0.3, -0.25) is 0 Å². The van der Waals surface area contributed by atoms with Gasteiger partial charge in [-0.1, -0.05) is 11.6 Å². The molecule has 8 heteroatoms. The molecule has 0 amide bonds. The lowest BCUT2D eigenvalue weighted by Crippen LogP contribution is -2.27. The van der Waals surface area contributed by atoms with Gasteiger partial charge in [0.25, 0.3) is 0 Å². The van der Waals surface area contributed by atoms with Gasteiger partial charge >= 0.3 is 5.97 Å². The topological polar surface area (TPSA) is 98.5 Å². The van der Waals surface area contributed by atoms with Crippen LogP contribution in [0, 0.1) is 0 Å². The molecule has 0 bridgehead atoms. The maximum Gasteiger partial charge on any atom is 0.339 e. The van der Waals surface area contributed by atoms with Crippen molar-refractivity contribution in [3.63, 3.8) is 0 Å². The third-order valence-corrected chi connectivity index (χ3v) is 4.31. The van der Waals surface area contributed by atoms with E-state index in [1.165, 1.54) is 25.3 Å². The number of methoxy groups -OCH3 is 1. The van der Waals surface area contributed by atoms with Crippen LogP contribution >= 0.6 is 11.6 Å². The molecule has 0 aliphatic carbocycles. The van der Waals surface area contributed by atoms with Gasteiger partial charge in [-0.25, -0.2) is 17.9 Å². The molecule has 0 fully saturated rings. The molecule has 112 valence electrons. The zero-order chi connectivity index (χ0) is 15.2. The van der Waals surface area contributed by atoms with Crippen LogP contribution in [-0.2, 0) is 14.8 Å². The minimum Gasteiger partial charge on any atom is -0.465 e. The monoisotopic (exact) mass is 320 g/mol. The lowest BCUT2D eigenvalue weighted by Gasteiger charge is -2.10. The van der Waals surface area contributed by atoms with Crippen molar-refractivity contribution in [2.45, 2.75) is 17.7 Å². The Bertz CT molecular complexity index is 575. The minimum atomic E-state index is -3.79. The van der Waals surface area contributed by atoms with Crippen molar-refractivity contribution in [3.8, 4) is 0 Å². The summed E-state index contributed by atoms with van der Waals surface area (Å²) >= 11 is 5.78. The summed E-state index contributed by atoms with van der Waals surface area (Å²) in [4.78, 5) is 11.5. The summed E-state index contributed by atoms with van der Waals surface area (Å²) in [6.07, 6.45) is 1.34. The highest BCUT2D eigenvalue weighted by Crippen LogP contribution is 2.21. The maximum absolute atomic E-state index is 12.2. The Balaban J connectivity index is 3.02. The van der Waals surface area contributed by atoms with Crippen LogP contribution in [-0.4, -0.2) is 34.6 Å². The number of esters is 1. The number of halogens is 1. The number of carbonyl (C=O) groups excluding carboxylic acids is 1. The van der Waals surface area contributed by atoms with E-state index in [4.69, 9.17) is 17.3 Å². The maximum atomic E-state index is 12.2. The molecule has 0 heterocycles. The molecule has 0 atom stereocenters. The lowest BCUT2D eigenvalue weighted by molar-refractivity contribution is 0.0596. The highest BCUT2D eigenvalue weighted by molar-refractivity contribution is 7.89. The van der Waals surface area contributed by atoms with Gasteiger partial charge in [0.05, 0.1) is 17.6 Å². The number of nitrogens with two attached hydrogens (primary N) is 1. The Morgan fingerprint density at radius 2 is 2.10 bits per heavy atom. The second-order valence-electron chi connectivity index (χ2n) is 4.03. The van der Waals surface area contributed by atoms with Crippen LogP contribution in [0.15, 0.2) is 23.1 Å². The van der Waals surface area contributed by atoms with E-state index in [-0.39, 0.29) is 22.0 Å². The molecular weight excluding hydrogens is 304 g/mol. The first kappa shape index (κ1) is 16.9. The summed E-state index contributed by atoms with van der Waals surface area (Å²) in [6.45, 7) is 0.749. The summed E-state index contributed by atoms with van der Waals surface area (Å²) < 4.78 is 31.3. The molecule has 0 aliphatic rings. The van der Waals surface area contributed by atoms with E-state index in [1.807, 2.05) is 0 Å². The van der Waals surface area contributed by atoms with Gasteiger partial charge in [0.1, 0.15) is 0 Å². The van der Waals surface area contributed by atoms with Crippen molar-refractivity contribution in [2.24, 2.45) is 5.73 Å². The predicted molar refractivity (Wildman–Crippen MR) is 76.3 cm³/mol. The van der Waals surface area contributed by atoms with Gasteiger partial charge in [0.2, 0.25) is 10.0 Å². The minimum absolute atomic E-state index is 0.0914. The van der Waals surface area contributed by atoms with Crippen LogP contribution in [0.5, 0.6) is 0 Å². The largest absolute Gasteiger partial charge is 0.465 e. The average molecular weight is 321 g/mol. The smallest absolute Gasteiger partial charge is 0.339 e. The number of ether oxygens (including phenoxy) is 1. The van der Waals surface area contributed by atoms with Crippen molar-refractivity contribution in [3.05, 3.63) is 28.8 Å². The molecule has 0 radical (unpaired) electrons. The van der Waals surface area contributed by atoms with Crippen molar-refractivity contribution in [1.82, 2.24) is 4.72 Å². The number of sulfonamides is 1. The van der Waals surface area contributed by atoms with Gasteiger partial charge in [0.15, 0.2) is 0 Å². The van der Waals surface area contributed by atoms with E-state index in [9.17, 15) is 13.2 Å². The molecule has 0 spiro atoms. The molecule has 0 unspecified atom stereocenters. The standard InChI is InChI=1S/C12H17ClN2O4S/c1-19-12(16)10-8-9(13)4-5-11(10)20(17,18)15-7-3-2-6-14/h4-5,8,15H,2-3,6-7,14H2,1H3. The Morgan fingerprint density at radius 1 is 1.40 bits per heavy atom. The molecule has 1 aromatic carbocycles. The number of rotatable bonds is 7. The molecule has 3 N–H and O–H groups in total. The van der Waals surface area contributed by atoms with Crippen LogP contribution in [0.1, 0.15) is 23.2 Å². The molecule has 6 nitrogen and oxygen atoms in total. The summed E-state index contributed by atoms with van der Waals surface area (Å²) in [7, 11) is -2.62. The summed E-state index contributed by atoms with van der Waals surface area (Å²) in [5.74, 6) is -0.755. The average Bonchev–Trinajstić information content (AvgIpc) is 2.42. The van der Waals surface area contributed by atoms with Crippen molar-refractivity contribution >= 4 is 27.6 Å². The van der Waals surface area contributed by atoms with E-state index in [1.54, 1.807) is 0 Å². The Kier molecular flexibility index (Phi) is 6.41. The van der Waals surface area contributed by atoms with E-state index in [0.29, 0.717) is 19.4 Å². The fourth-order valence-corrected chi connectivity index (χ4v) is 2.98. The molecule has 0 saturated heterocycles.